The highest BCUT2D eigenvalue weighted by Crippen LogP contribution is 2.25. The second-order valence-corrected chi connectivity index (χ2v) is 3.78. The van der Waals surface area contributed by atoms with Crippen LogP contribution in [0.3, 0.4) is 0 Å². The van der Waals surface area contributed by atoms with E-state index in [1.807, 2.05) is 30.3 Å². The van der Waals surface area contributed by atoms with E-state index in [0.717, 1.165) is 9.92 Å². The van der Waals surface area contributed by atoms with Crippen molar-refractivity contribution in [3.8, 4) is 0 Å². The van der Waals surface area contributed by atoms with Gasteiger partial charge in [-0.15, -0.1) is 0 Å². The SMILES string of the molecule is Nc1cc(Sc2ccccn2)ccn1. The van der Waals surface area contributed by atoms with Crippen molar-refractivity contribution in [2.75, 3.05) is 5.73 Å². The maximum atomic E-state index is 5.57. The minimum absolute atomic E-state index is 0.533. The molecule has 4 heteroatoms. The summed E-state index contributed by atoms with van der Waals surface area (Å²) in [6, 6.07) is 9.56. The average Bonchev–Trinajstić information content (AvgIpc) is 2.19. The molecule has 0 amide bonds. The molecule has 0 radical (unpaired) electrons. The van der Waals surface area contributed by atoms with Gasteiger partial charge in [-0.2, -0.15) is 0 Å². The molecule has 0 unspecified atom stereocenters. The molecule has 0 spiro atoms. The zero-order valence-electron chi connectivity index (χ0n) is 7.42. The Balaban J connectivity index is 2.19. The molecule has 0 fully saturated rings. The van der Waals surface area contributed by atoms with E-state index in [1.54, 1.807) is 24.2 Å². The molecule has 2 heterocycles. The molecule has 2 N–H and O–H groups in total. The van der Waals surface area contributed by atoms with Gasteiger partial charge in [-0.3, -0.25) is 0 Å². The fourth-order valence-corrected chi connectivity index (χ4v) is 1.83. The lowest BCUT2D eigenvalue weighted by molar-refractivity contribution is 1.13. The van der Waals surface area contributed by atoms with Crippen molar-refractivity contribution in [2.45, 2.75) is 9.92 Å². The first-order chi connectivity index (χ1) is 6.84. The number of hydrogen-bond donors (Lipinski definition) is 1. The van der Waals surface area contributed by atoms with E-state index in [1.165, 1.54) is 0 Å². The van der Waals surface area contributed by atoms with E-state index < -0.39 is 0 Å². The Morgan fingerprint density at radius 3 is 2.71 bits per heavy atom. The number of nitrogens with two attached hydrogens (primary N) is 1. The molecular weight excluding hydrogens is 194 g/mol. The highest BCUT2D eigenvalue weighted by atomic mass is 32.2. The minimum Gasteiger partial charge on any atom is -0.384 e. The lowest BCUT2D eigenvalue weighted by Gasteiger charge is -2.00. The number of aromatic nitrogens is 2. The van der Waals surface area contributed by atoms with Crippen molar-refractivity contribution in [2.24, 2.45) is 0 Å². The van der Waals surface area contributed by atoms with E-state index in [4.69, 9.17) is 5.73 Å². The van der Waals surface area contributed by atoms with Gasteiger partial charge >= 0.3 is 0 Å². The Morgan fingerprint density at radius 1 is 1.07 bits per heavy atom. The molecule has 0 aliphatic carbocycles. The van der Waals surface area contributed by atoms with Gasteiger partial charge in [0.15, 0.2) is 0 Å². The molecule has 0 aromatic carbocycles. The second kappa shape index (κ2) is 4.11. The first-order valence-corrected chi connectivity index (χ1v) is 4.97. The molecule has 0 saturated heterocycles. The monoisotopic (exact) mass is 203 g/mol. The topological polar surface area (TPSA) is 51.8 Å². The van der Waals surface area contributed by atoms with Gasteiger partial charge in [-0.25, -0.2) is 9.97 Å². The Labute approximate surface area is 86.4 Å². The first kappa shape index (κ1) is 9.02. The van der Waals surface area contributed by atoms with Crippen LogP contribution in [-0.4, -0.2) is 9.97 Å². The summed E-state index contributed by atoms with van der Waals surface area (Å²) in [5.41, 5.74) is 5.57. The van der Waals surface area contributed by atoms with Crippen LogP contribution in [0.15, 0.2) is 52.6 Å². The standard InChI is InChI=1S/C10H9N3S/c11-9-7-8(4-6-12-9)14-10-3-1-2-5-13-10/h1-7H,(H2,11,12). The second-order valence-electron chi connectivity index (χ2n) is 2.69. The highest BCUT2D eigenvalue weighted by Gasteiger charge is 1.97. The normalized spacial score (nSPS) is 10.0. The Bertz CT molecular complexity index is 417. The molecule has 3 nitrogen and oxygen atoms in total. The molecule has 2 rings (SSSR count). The molecule has 0 saturated carbocycles. The maximum absolute atomic E-state index is 5.57. The summed E-state index contributed by atoms with van der Waals surface area (Å²) in [6.45, 7) is 0. The summed E-state index contributed by atoms with van der Waals surface area (Å²) in [4.78, 5) is 9.18. The molecule has 0 bridgehead atoms. The number of nitrogen functional groups attached to an aromatic ring is 1. The summed E-state index contributed by atoms with van der Waals surface area (Å²) >= 11 is 1.57. The van der Waals surface area contributed by atoms with Gasteiger partial charge in [0.05, 0.1) is 0 Å². The predicted octanol–water partition coefficient (Wildman–Crippen LogP) is 2.21. The molecule has 2 aromatic rings. The smallest absolute Gasteiger partial charge is 0.124 e. The fourth-order valence-electron chi connectivity index (χ4n) is 1.02. The molecule has 0 aliphatic rings. The number of rotatable bonds is 2. The van der Waals surface area contributed by atoms with Crippen molar-refractivity contribution in [3.63, 3.8) is 0 Å². The Hall–Kier alpha value is -1.55. The molecule has 2 aromatic heterocycles. The molecule has 70 valence electrons. The van der Waals surface area contributed by atoms with Crippen LogP contribution in [0, 0.1) is 0 Å². The zero-order chi connectivity index (χ0) is 9.80. The van der Waals surface area contributed by atoms with Crippen molar-refractivity contribution in [1.82, 2.24) is 9.97 Å². The van der Waals surface area contributed by atoms with Gasteiger partial charge < -0.3 is 5.73 Å². The largest absolute Gasteiger partial charge is 0.384 e. The minimum atomic E-state index is 0.533. The quantitative estimate of drug-likeness (QED) is 0.813. The van der Waals surface area contributed by atoms with Crippen molar-refractivity contribution < 1.29 is 0 Å². The highest BCUT2D eigenvalue weighted by molar-refractivity contribution is 7.99. The number of hydrogen-bond acceptors (Lipinski definition) is 4. The molecule has 14 heavy (non-hydrogen) atoms. The summed E-state index contributed by atoms with van der Waals surface area (Å²) in [5, 5.41) is 0.957. The van der Waals surface area contributed by atoms with Gasteiger partial charge in [0.25, 0.3) is 0 Å². The average molecular weight is 203 g/mol. The van der Waals surface area contributed by atoms with Gasteiger partial charge in [0, 0.05) is 17.3 Å². The number of nitrogens with zero attached hydrogens (tertiary/aromatic N) is 2. The fraction of sp³-hybridized carbons (Fsp3) is 0. The van der Waals surface area contributed by atoms with Gasteiger partial charge in [-0.05, 0) is 24.3 Å². The number of pyridine rings is 2. The Morgan fingerprint density at radius 2 is 2.00 bits per heavy atom. The van der Waals surface area contributed by atoms with Crippen LogP contribution in [0.2, 0.25) is 0 Å². The third kappa shape index (κ3) is 2.23. The lowest BCUT2D eigenvalue weighted by atomic mass is 10.5. The summed E-state index contributed by atoms with van der Waals surface area (Å²) < 4.78 is 0. The van der Waals surface area contributed by atoms with Crippen LogP contribution < -0.4 is 5.73 Å². The van der Waals surface area contributed by atoms with Crippen LogP contribution >= 0.6 is 11.8 Å². The third-order valence-electron chi connectivity index (χ3n) is 1.61. The summed E-state index contributed by atoms with van der Waals surface area (Å²) in [7, 11) is 0. The number of anilines is 1. The first-order valence-electron chi connectivity index (χ1n) is 4.15. The lowest BCUT2D eigenvalue weighted by Crippen LogP contribution is -1.88. The van der Waals surface area contributed by atoms with Crippen LogP contribution in [0.1, 0.15) is 0 Å². The van der Waals surface area contributed by atoms with Gasteiger partial charge in [0.1, 0.15) is 10.8 Å². The Kier molecular flexibility index (Phi) is 2.65. The predicted molar refractivity (Wildman–Crippen MR) is 57.0 cm³/mol. The zero-order valence-corrected chi connectivity index (χ0v) is 8.24. The van der Waals surface area contributed by atoms with Crippen LogP contribution in [0.5, 0.6) is 0 Å². The van der Waals surface area contributed by atoms with Crippen LogP contribution in [0.4, 0.5) is 5.82 Å². The van der Waals surface area contributed by atoms with E-state index in [-0.39, 0.29) is 0 Å². The maximum Gasteiger partial charge on any atom is 0.124 e. The van der Waals surface area contributed by atoms with Gasteiger partial charge in [-0.1, -0.05) is 17.8 Å². The van der Waals surface area contributed by atoms with Crippen molar-refractivity contribution in [1.29, 1.82) is 0 Å². The summed E-state index contributed by atoms with van der Waals surface area (Å²) in [6.07, 6.45) is 3.47. The van der Waals surface area contributed by atoms with Crippen LogP contribution in [-0.2, 0) is 0 Å². The van der Waals surface area contributed by atoms with Gasteiger partial charge in [0.2, 0.25) is 0 Å². The van der Waals surface area contributed by atoms with E-state index in [2.05, 4.69) is 9.97 Å². The van der Waals surface area contributed by atoms with E-state index in [0.29, 0.717) is 5.82 Å². The molecular formula is C10H9N3S. The van der Waals surface area contributed by atoms with Crippen molar-refractivity contribution >= 4 is 17.6 Å². The van der Waals surface area contributed by atoms with E-state index in [9.17, 15) is 0 Å². The molecule has 0 atom stereocenters. The van der Waals surface area contributed by atoms with E-state index >= 15 is 0 Å². The third-order valence-corrected chi connectivity index (χ3v) is 2.55. The molecule has 0 aliphatic heterocycles. The summed E-state index contributed by atoms with van der Waals surface area (Å²) in [5.74, 6) is 0.533. The van der Waals surface area contributed by atoms with Crippen molar-refractivity contribution in [3.05, 3.63) is 42.7 Å². The van der Waals surface area contributed by atoms with Crippen LogP contribution in [0.25, 0.3) is 0 Å².